The van der Waals surface area contributed by atoms with Crippen LogP contribution in [0.4, 0.5) is 0 Å². The summed E-state index contributed by atoms with van der Waals surface area (Å²) in [6.07, 6.45) is 43.2. The fourth-order valence-corrected chi connectivity index (χ4v) is 6.37. The average molecular weight is 743 g/mol. The number of carbonyl (C=O) groups is 2. The first-order valence-corrected chi connectivity index (χ1v) is 22.7. The highest BCUT2D eigenvalue weighted by atomic mass is 31.2. The molecule has 9 heteroatoms. The van der Waals surface area contributed by atoms with Crippen LogP contribution in [-0.2, 0) is 28.2 Å². The van der Waals surface area contributed by atoms with Gasteiger partial charge in [0.25, 0.3) is 0 Å². The summed E-state index contributed by atoms with van der Waals surface area (Å²) in [5, 5.41) is 0. The lowest BCUT2D eigenvalue weighted by Crippen LogP contribution is -2.29. The van der Waals surface area contributed by atoms with Gasteiger partial charge in [-0.05, 0) is 64.2 Å². The molecule has 1 unspecified atom stereocenters. The lowest BCUT2D eigenvalue weighted by atomic mass is 10.1. The number of hydrogen-bond acceptors (Lipinski definition) is 6. The molecule has 0 spiro atoms. The van der Waals surface area contributed by atoms with Gasteiger partial charge in [0.15, 0.2) is 6.10 Å². The van der Waals surface area contributed by atoms with E-state index in [0.29, 0.717) is 12.8 Å². The van der Waals surface area contributed by atoms with Crippen molar-refractivity contribution in [2.75, 3.05) is 13.2 Å². The Morgan fingerprint density at radius 3 is 1.20 bits per heavy atom. The number of rotatable bonds is 39. The number of esters is 2. The maximum atomic E-state index is 12.4. The molecule has 300 valence electrons. The van der Waals surface area contributed by atoms with Crippen LogP contribution in [0.25, 0.3) is 0 Å². The van der Waals surface area contributed by atoms with E-state index in [2.05, 4.69) is 42.7 Å². The largest absolute Gasteiger partial charge is 0.469 e. The number of ether oxygens (including phenoxy) is 2. The summed E-state index contributed by atoms with van der Waals surface area (Å²) in [7, 11) is -4.75. The fourth-order valence-electron chi connectivity index (χ4n) is 6.01. The van der Waals surface area contributed by atoms with Gasteiger partial charge in [-0.15, -0.1) is 0 Å². The van der Waals surface area contributed by atoms with Crippen molar-refractivity contribution in [1.29, 1.82) is 0 Å². The smallest absolute Gasteiger partial charge is 0.462 e. The molecule has 0 bridgehead atoms. The Labute approximate surface area is 313 Å². The lowest BCUT2D eigenvalue weighted by Gasteiger charge is -2.18. The minimum Gasteiger partial charge on any atom is -0.462 e. The van der Waals surface area contributed by atoms with Crippen LogP contribution in [0.2, 0.25) is 0 Å². The molecule has 0 saturated heterocycles. The van der Waals surface area contributed by atoms with Crippen molar-refractivity contribution in [2.24, 2.45) is 0 Å². The Morgan fingerprint density at radius 2 is 0.824 bits per heavy atom. The molecule has 2 N–H and O–H groups in total. The zero-order valence-electron chi connectivity index (χ0n) is 33.0. The summed E-state index contributed by atoms with van der Waals surface area (Å²) in [5.74, 6) is -0.893. The van der Waals surface area contributed by atoms with E-state index >= 15 is 0 Å². The van der Waals surface area contributed by atoms with Gasteiger partial charge >= 0.3 is 19.8 Å². The van der Waals surface area contributed by atoms with E-state index in [1.54, 1.807) is 0 Å². The van der Waals surface area contributed by atoms with E-state index in [1.807, 2.05) is 0 Å². The zero-order valence-corrected chi connectivity index (χ0v) is 33.9. The highest BCUT2D eigenvalue weighted by molar-refractivity contribution is 7.46. The standard InChI is InChI=1S/C42H79O8P/c1-3-5-7-9-11-13-15-17-19-21-23-25-27-29-31-33-35-37-42(44)50-40(39-49-51(45,46)47)38-48-41(43)36-34-32-30-28-26-24-22-20-18-16-14-12-10-8-6-4-2/h17,19-20,22,40H,3-16,18,21,23-39H2,1-2H3,(H2,45,46,47)/b19-17-,22-20-. The van der Waals surface area contributed by atoms with Gasteiger partial charge in [-0.2, -0.15) is 0 Å². The summed E-state index contributed by atoms with van der Waals surface area (Å²) in [6.45, 7) is 3.68. The van der Waals surface area contributed by atoms with Crippen molar-refractivity contribution in [3.63, 3.8) is 0 Å². The minimum atomic E-state index is -4.75. The molecular formula is C42H79O8P. The zero-order chi connectivity index (χ0) is 37.5. The molecule has 0 heterocycles. The molecule has 0 amide bonds. The fraction of sp³-hybridized carbons (Fsp3) is 0.857. The summed E-state index contributed by atoms with van der Waals surface area (Å²) < 4.78 is 26.4. The van der Waals surface area contributed by atoms with E-state index < -0.39 is 32.5 Å². The maximum Gasteiger partial charge on any atom is 0.469 e. The van der Waals surface area contributed by atoms with Crippen LogP contribution in [0.1, 0.15) is 213 Å². The first kappa shape index (κ1) is 49.5. The van der Waals surface area contributed by atoms with E-state index in [0.717, 1.165) is 57.8 Å². The molecule has 1 atom stereocenters. The predicted octanol–water partition coefficient (Wildman–Crippen LogP) is 12.8. The van der Waals surface area contributed by atoms with Gasteiger partial charge in [0.1, 0.15) is 6.61 Å². The van der Waals surface area contributed by atoms with Crippen LogP contribution < -0.4 is 0 Å². The first-order valence-electron chi connectivity index (χ1n) is 21.1. The number of unbranched alkanes of at least 4 members (excludes halogenated alkanes) is 25. The van der Waals surface area contributed by atoms with Gasteiger partial charge < -0.3 is 19.3 Å². The van der Waals surface area contributed by atoms with Crippen molar-refractivity contribution >= 4 is 19.8 Å². The van der Waals surface area contributed by atoms with E-state index in [9.17, 15) is 14.2 Å². The Hall–Kier alpha value is -1.47. The van der Waals surface area contributed by atoms with Crippen molar-refractivity contribution < 1.29 is 37.9 Å². The molecular weight excluding hydrogens is 663 g/mol. The van der Waals surface area contributed by atoms with Crippen LogP contribution in [0.15, 0.2) is 24.3 Å². The summed E-state index contributed by atoms with van der Waals surface area (Å²) >= 11 is 0. The maximum absolute atomic E-state index is 12.4. The van der Waals surface area contributed by atoms with Gasteiger partial charge in [0.2, 0.25) is 0 Å². The highest BCUT2D eigenvalue weighted by Crippen LogP contribution is 2.36. The Balaban J connectivity index is 3.92. The van der Waals surface area contributed by atoms with Gasteiger partial charge in [0.05, 0.1) is 6.61 Å². The number of hydrogen-bond donors (Lipinski definition) is 2. The molecule has 0 rings (SSSR count). The van der Waals surface area contributed by atoms with Crippen LogP contribution in [0.3, 0.4) is 0 Å². The Kier molecular flexibility index (Phi) is 37.2. The van der Waals surface area contributed by atoms with Crippen LogP contribution in [0.5, 0.6) is 0 Å². The van der Waals surface area contributed by atoms with Crippen LogP contribution in [-0.4, -0.2) is 41.0 Å². The van der Waals surface area contributed by atoms with E-state index in [1.165, 1.54) is 116 Å². The third kappa shape index (κ3) is 41.2. The highest BCUT2D eigenvalue weighted by Gasteiger charge is 2.22. The number of allylic oxidation sites excluding steroid dienone is 4. The van der Waals surface area contributed by atoms with Crippen LogP contribution in [0, 0.1) is 0 Å². The number of phosphoric ester groups is 1. The molecule has 0 fully saturated rings. The Morgan fingerprint density at radius 1 is 0.490 bits per heavy atom. The van der Waals surface area contributed by atoms with E-state index in [-0.39, 0.29) is 19.4 Å². The topological polar surface area (TPSA) is 119 Å². The number of phosphoric acid groups is 1. The van der Waals surface area contributed by atoms with Gasteiger partial charge in [-0.3, -0.25) is 14.1 Å². The molecule has 0 saturated carbocycles. The third-order valence-corrected chi connectivity index (χ3v) is 9.68. The molecule has 0 aliphatic heterocycles. The quantitative estimate of drug-likeness (QED) is 0.0276. The minimum absolute atomic E-state index is 0.207. The summed E-state index contributed by atoms with van der Waals surface area (Å²) in [6, 6.07) is 0. The first-order chi connectivity index (χ1) is 24.8. The molecule has 0 aliphatic carbocycles. The van der Waals surface area contributed by atoms with Gasteiger partial charge in [-0.1, -0.05) is 160 Å². The average Bonchev–Trinajstić information content (AvgIpc) is 3.10. The second kappa shape index (κ2) is 38.3. The van der Waals surface area contributed by atoms with Crippen molar-refractivity contribution in [2.45, 2.75) is 219 Å². The SMILES string of the molecule is CCCCCCCC/C=C\CCCCCCCCCC(=O)OC(COC(=O)CCCCCCC/C=C\CCCCCCCCC)COP(=O)(O)O. The van der Waals surface area contributed by atoms with Crippen molar-refractivity contribution in [3.8, 4) is 0 Å². The molecule has 8 nitrogen and oxygen atoms in total. The summed E-state index contributed by atoms with van der Waals surface area (Å²) in [4.78, 5) is 42.8. The van der Waals surface area contributed by atoms with Crippen molar-refractivity contribution in [1.82, 2.24) is 0 Å². The Bertz CT molecular complexity index is 884. The van der Waals surface area contributed by atoms with Gasteiger partial charge in [-0.25, -0.2) is 4.57 Å². The van der Waals surface area contributed by atoms with Crippen LogP contribution >= 0.6 is 7.82 Å². The second-order valence-electron chi connectivity index (χ2n) is 14.3. The van der Waals surface area contributed by atoms with E-state index in [4.69, 9.17) is 19.3 Å². The molecule has 0 aromatic carbocycles. The second-order valence-corrected chi connectivity index (χ2v) is 15.5. The molecule has 0 radical (unpaired) electrons. The predicted molar refractivity (Wildman–Crippen MR) is 212 cm³/mol. The number of carbonyl (C=O) groups excluding carboxylic acids is 2. The van der Waals surface area contributed by atoms with Gasteiger partial charge in [0, 0.05) is 12.8 Å². The monoisotopic (exact) mass is 743 g/mol. The molecule has 0 aromatic rings. The summed E-state index contributed by atoms with van der Waals surface area (Å²) in [5.41, 5.74) is 0. The van der Waals surface area contributed by atoms with Crippen molar-refractivity contribution in [3.05, 3.63) is 24.3 Å². The normalized spacial score (nSPS) is 12.6. The third-order valence-electron chi connectivity index (χ3n) is 9.19. The molecule has 51 heavy (non-hydrogen) atoms. The lowest BCUT2D eigenvalue weighted by molar-refractivity contribution is -0.161. The molecule has 0 aromatic heterocycles. The molecule has 0 aliphatic rings.